The van der Waals surface area contributed by atoms with Gasteiger partial charge < -0.3 is 0 Å². The van der Waals surface area contributed by atoms with Crippen molar-refractivity contribution in [1.82, 2.24) is 0 Å². The molecular formula is C8H4F3IO. The average Bonchev–Trinajstić information content (AvgIpc) is 2.03. The fourth-order valence-electron chi connectivity index (χ4n) is 0.902. The molecule has 0 bridgehead atoms. The number of carbonyl (C=O) groups is 1. The Morgan fingerprint density at radius 1 is 1.23 bits per heavy atom. The van der Waals surface area contributed by atoms with Gasteiger partial charge in [-0.15, -0.1) is 0 Å². The maximum Gasteiger partial charge on any atom is 0.417 e. The molecule has 13 heavy (non-hydrogen) atoms. The van der Waals surface area contributed by atoms with E-state index in [1.807, 2.05) is 0 Å². The quantitative estimate of drug-likeness (QED) is 0.574. The van der Waals surface area contributed by atoms with Crippen LogP contribution in [-0.4, -0.2) is 3.79 Å². The molecule has 0 saturated heterocycles. The Labute approximate surface area is 86.1 Å². The molecule has 0 unspecified atom stereocenters. The SMILES string of the molecule is O=C(I)c1ccccc1C(F)(F)F. The second-order valence-corrected chi connectivity index (χ2v) is 3.30. The van der Waals surface area contributed by atoms with Crippen molar-refractivity contribution in [2.45, 2.75) is 6.18 Å². The van der Waals surface area contributed by atoms with E-state index in [1.54, 1.807) is 0 Å². The van der Waals surface area contributed by atoms with Crippen molar-refractivity contribution < 1.29 is 18.0 Å². The van der Waals surface area contributed by atoms with Crippen molar-refractivity contribution in [2.24, 2.45) is 0 Å². The fraction of sp³-hybridized carbons (Fsp3) is 0.125. The molecule has 1 aromatic rings. The second-order valence-electron chi connectivity index (χ2n) is 2.32. The van der Waals surface area contributed by atoms with Crippen LogP contribution in [0.15, 0.2) is 24.3 Å². The molecule has 0 radical (unpaired) electrons. The Morgan fingerprint density at radius 3 is 2.15 bits per heavy atom. The minimum Gasteiger partial charge on any atom is -0.282 e. The van der Waals surface area contributed by atoms with Gasteiger partial charge in [-0.05, 0) is 12.1 Å². The number of hydrogen-bond donors (Lipinski definition) is 0. The molecule has 1 aromatic carbocycles. The van der Waals surface area contributed by atoms with E-state index in [9.17, 15) is 18.0 Å². The molecule has 0 spiro atoms. The van der Waals surface area contributed by atoms with E-state index >= 15 is 0 Å². The molecule has 0 heterocycles. The fourth-order valence-corrected chi connectivity index (χ4v) is 1.37. The van der Waals surface area contributed by atoms with Crippen molar-refractivity contribution in [1.29, 1.82) is 0 Å². The normalized spacial score (nSPS) is 11.4. The largest absolute Gasteiger partial charge is 0.417 e. The zero-order valence-electron chi connectivity index (χ0n) is 6.23. The minimum atomic E-state index is -4.46. The molecule has 0 aliphatic rings. The molecule has 0 atom stereocenters. The predicted octanol–water partition coefficient (Wildman–Crippen LogP) is 3.28. The number of hydrogen-bond acceptors (Lipinski definition) is 1. The Bertz CT molecular complexity index is 332. The summed E-state index contributed by atoms with van der Waals surface area (Å²) in [5.41, 5.74) is -1.18. The van der Waals surface area contributed by atoms with Gasteiger partial charge in [0.25, 0.3) is 0 Å². The zero-order valence-corrected chi connectivity index (χ0v) is 8.39. The highest BCUT2D eigenvalue weighted by Gasteiger charge is 2.34. The van der Waals surface area contributed by atoms with Gasteiger partial charge in [0.15, 0.2) is 0 Å². The van der Waals surface area contributed by atoms with E-state index in [0.717, 1.165) is 12.1 Å². The van der Waals surface area contributed by atoms with Crippen LogP contribution in [0, 0.1) is 0 Å². The van der Waals surface area contributed by atoms with Crippen molar-refractivity contribution in [3.63, 3.8) is 0 Å². The van der Waals surface area contributed by atoms with Gasteiger partial charge in [0.2, 0.25) is 3.79 Å². The second kappa shape index (κ2) is 3.65. The molecule has 0 amide bonds. The van der Waals surface area contributed by atoms with Gasteiger partial charge in [0.1, 0.15) is 0 Å². The zero-order chi connectivity index (χ0) is 10.1. The third-order valence-electron chi connectivity index (χ3n) is 1.44. The van der Waals surface area contributed by atoms with Gasteiger partial charge in [-0.25, -0.2) is 0 Å². The molecule has 0 aliphatic heterocycles. The van der Waals surface area contributed by atoms with Crippen LogP contribution in [0.5, 0.6) is 0 Å². The number of alkyl halides is 3. The summed E-state index contributed by atoms with van der Waals surface area (Å²) in [5, 5.41) is 0. The Balaban J connectivity index is 3.28. The van der Waals surface area contributed by atoms with Crippen molar-refractivity contribution in [2.75, 3.05) is 0 Å². The standard InChI is InChI=1S/C8H4F3IO/c9-8(10,11)6-4-2-1-3-5(6)7(12)13/h1-4H. The average molecular weight is 300 g/mol. The maximum absolute atomic E-state index is 12.3. The van der Waals surface area contributed by atoms with Crippen molar-refractivity contribution >= 4 is 26.4 Å². The Kier molecular flexibility index (Phi) is 2.94. The first kappa shape index (κ1) is 10.5. The molecule has 0 N–H and O–H groups in total. The summed E-state index contributed by atoms with van der Waals surface area (Å²) in [7, 11) is 0. The van der Waals surface area contributed by atoms with Crippen LogP contribution in [0.25, 0.3) is 0 Å². The maximum atomic E-state index is 12.3. The van der Waals surface area contributed by atoms with Crippen LogP contribution in [0.3, 0.4) is 0 Å². The summed E-state index contributed by atoms with van der Waals surface area (Å²) in [4.78, 5) is 10.8. The van der Waals surface area contributed by atoms with Crippen LogP contribution in [-0.2, 0) is 6.18 Å². The molecule has 1 nitrogen and oxygen atoms in total. The first-order valence-electron chi connectivity index (χ1n) is 3.29. The third kappa shape index (κ3) is 2.43. The molecule has 0 saturated carbocycles. The smallest absolute Gasteiger partial charge is 0.282 e. The van der Waals surface area contributed by atoms with E-state index in [0.29, 0.717) is 0 Å². The van der Waals surface area contributed by atoms with Crippen molar-refractivity contribution in [3.05, 3.63) is 35.4 Å². The topological polar surface area (TPSA) is 17.1 Å². The summed E-state index contributed by atoms with van der Waals surface area (Å²) in [5.74, 6) is 0. The molecule has 1 rings (SSSR count). The Hall–Kier alpha value is -0.590. The van der Waals surface area contributed by atoms with E-state index in [2.05, 4.69) is 0 Å². The number of halogens is 4. The summed E-state index contributed by atoms with van der Waals surface area (Å²) in [6.45, 7) is 0. The summed E-state index contributed by atoms with van der Waals surface area (Å²) < 4.78 is 36.2. The van der Waals surface area contributed by atoms with Gasteiger partial charge in [-0.1, -0.05) is 12.1 Å². The highest BCUT2D eigenvalue weighted by Crippen LogP contribution is 2.32. The summed E-state index contributed by atoms with van der Waals surface area (Å²) in [6, 6.07) is 4.72. The van der Waals surface area contributed by atoms with Crippen LogP contribution >= 0.6 is 22.6 Å². The summed E-state index contributed by atoms with van der Waals surface area (Å²) >= 11 is 1.34. The first-order chi connectivity index (χ1) is 5.93. The summed E-state index contributed by atoms with van der Waals surface area (Å²) in [6.07, 6.45) is -4.46. The van der Waals surface area contributed by atoms with E-state index in [1.165, 1.54) is 34.7 Å². The highest BCUT2D eigenvalue weighted by molar-refractivity contribution is 14.1. The van der Waals surface area contributed by atoms with Gasteiger partial charge in [0, 0.05) is 28.2 Å². The van der Waals surface area contributed by atoms with Gasteiger partial charge >= 0.3 is 6.18 Å². The van der Waals surface area contributed by atoms with Crippen LogP contribution < -0.4 is 0 Å². The first-order valence-corrected chi connectivity index (χ1v) is 4.37. The lowest BCUT2D eigenvalue weighted by Crippen LogP contribution is -2.10. The van der Waals surface area contributed by atoms with Crippen LogP contribution in [0.1, 0.15) is 15.9 Å². The molecular weight excluding hydrogens is 296 g/mol. The molecule has 0 aromatic heterocycles. The van der Waals surface area contributed by atoms with Crippen molar-refractivity contribution in [3.8, 4) is 0 Å². The lowest BCUT2D eigenvalue weighted by atomic mass is 10.1. The monoisotopic (exact) mass is 300 g/mol. The molecule has 0 aliphatic carbocycles. The lowest BCUT2D eigenvalue weighted by molar-refractivity contribution is -0.137. The van der Waals surface area contributed by atoms with Gasteiger partial charge in [-0.2, -0.15) is 13.2 Å². The number of benzene rings is 1. The predicted molar refractivity (Wildman–Crippen MR) is 49.8 cm³/mol. The lowest BCUT2D eigenvalue weighted by Gasteiger charge is -2.09. The molecule has 5 heteroatoms. The highest BCUT2D eigenvalue weighted by atomic mass is 127. The van der Waals surface area contributed by atoms with Gasteiger partial charge in [0.05, 0.1) is 5.56 Å². The van der Waals surface area contributed by atoms with E-state index in [4.69, 9.17) is 0 Å². The third-order valence-corrected chi connectivity index (χ3v) is 2.03. The van der Waals surface area contributed by atoms with Gasteiger partial charge in [-0.3, -0.25) is 4.79 Å². The van der Waals surface area contributed by atoms with E-state index in [-0.39, 0.29) is 5.56 Å². The minimum absolute atomic E-state index is 0.296. The molecule has 0 fully saturated rings. The number of carbonyl (C=O) groups excluding carboxylic acids is 1. The van der Waals surface area contributed by atoms with Crippen LogP contribution in [0.4, 0.5) is 13.2 Å². The molecule has 70 valence electrons. The van der Waals surface area contributed by atoms with E-state index < -0.39 is 15.5 Å². The van der Waals surface area contributed by atoms with Crippen LogP contribution in [0.2, 0.25) is 0 Å². The number of rotatable bonds is 1. The Morgan fingerprint density at radius 2 is 1.77 bits per heavy atom.